The largest absolute Gasteiger partial charge is 0.466 e. The van der Waals surface area contributed by atoms with Crippen LogP contribution in [0.2, 0.25) is 0 Å². The lowest BCUT2D eigenvalue weighted by molar-refractivity contribution is -0.147. The van der Waals surface area contributed by atoms with Crippen molar-refractivity contribution in [1.29, 1.82) is 0 Å². The average molecular weight is 442 g/mol. The van der Waals surface area contributed by atoms with Gasteiger partial charge in [0.1, 0.15) is 6.04 Å². The maximum atomic E-state index is 12.6. The van der Waals surface area contributed by atoms with Gasteiger partial charge in [-0.2, -0.15) is 0 Å². The zero-order valence-corrected chi connectivity index (χ0v) is 18.8. The highest BCUT2D eigenvalue weighted by Crippen LogP contribution is 2.51. The number of nitrogens with one attached hydrogen (secondary N) is 1. The molecule has 30 heavy (non-hydrogen) atoms. The first-order valence-corrected chi connectivity index (χ1v) is 11.6. The predicted octanol–water partition coefficient (Wildman–Crippen LogP) is 2.63. The van der Waals surface area contributed by atoms with Crippen LogP contribution >= 0.6 is 7.60 Å². The van der Waals surface area contributed by atoms with E-state index in [2.05, 4.69) is 5.32 Å². The number of esters is 1. The smallest absolute Gasteiger partial charge is 0.335 e. The van der Waals surface area contributed by atoms with E-state index in [0.717, 1.165) is 0 Å². The van der Waals surface area contributed by atoms with Gasteiger partial charge in [0.2, 0.25) is 5.91 Å². The zero-order valence-electron chi connectivity index (χ0n) is 17.9. The lowest BCUT2D eigenvalue weighted by atomic mass is 10.0. The second-order valence-corrected chi connectivity index (χ2v) is 8.67. The molecule has 0 bridgehead atoms. The SMILES string of the molecule is CCOC(=O)[C@@H](C)C[C@H](NC(=O)c1ccc(CP(=O)(OCC)OCC)cc1)C(N)=O. The van der Waals surface area contributed by atoms with Crippen molar-refractivity contribution in [3.05, 3.63) is 35.4 Å². The molecule has 1 rings (SSSR count). The summed E-state index contributed by atoms with van der Waals surface area (Å²) in [5.41, 5.74) is 6.34. The van der Waals surface area contributed by atoms with E-state index in [1.807, 2.05) is 0 Å². The van der Waals surface area contributed by atoms with E-state index in [1.54, 1.807) is 52.0 Å². The highest BCUT2D eigenvalue weighted by atomic mass is 31.2. The minimum atomic E-state index is -3.25. The molecule has 2 amide bonds. The molecule has 0 spiro atoms. The van der Waals surface area contributed by atoms with Gasteiger partial charge in [-0.15, -0.1) is 0 Å². The van der Waals surface area contributed by atoms with Gasteiger partial charge in [0.15, 0.2) is 0 Å². The molecule has 2 atom stereocenters. The zero-order chi connectivity index (χ0) is 22.7. The van der Waals surface area contributed by atoms with Crippen LogP contribution in [0, 0.1) is 5.92 Å². The Morgan fingerprint density at radius 2 is 1.60 bits per heavy atom. The molecule has 0 aromatic heterocycles. The van der Waals surface area contributed by atoms with Crippen LogP contribution in [0.1, 0.15) is 50.0 Å². The van der Waals surface area contributed by atoms with Crippen LogP contribution in [0.4, 0.5) is 0 Å². The van der Waals surface area contributed by atoms with Crippen LogP contribution in [-0.4, -0.2) is 43.6 Å². The minimum Gasteiger partial charge on any atom is -0.466 e. The van der Waals surface area contributed by atoms with Crippen LogP contribution in [0.25, 0.3) is 0 Å². The third kappa shape index (κ3) is 8.26. The third-order valence-electron chi connectivity index (χ3n) is 4.17. The average Bonchev–Trinajstić information content (AvgIpc) is 2.68. The number of benzene rings is 1. The fourth-order valence-electron chi connectivity index (χ4n) is 2.73. The third-order valence-corrected chi connectivity index (χ3v) is 6.23. The maximum Gasteiger partial charge on any atom is 0.335 e. The summed E-state index contributed by atoms with van der Waals surface area (Å²) in [6, 6.07) is 5.34. The Balaban J connectivity index is 2.81. The summed E-state index contributed by atoms with van der Waals surface area (Å²) in [7, 11) is -3.25. The normalized spacial score (nSPS) is 13.3. The second kappa shape index (κ2) is 12.5. The summed E-state index contributed by atoms with van der Waals surface area (Å²) in [6.45, 7) is 7.50. The van der Waals surface area contributed by atoms with Crippen molar-refractivity contribution in [3.8, 4) is 0 Å². The van der Waals surface area contributed by atoms with Crippen LogP contribution in [0.15, 0.2) is 24.3 Å². The Kier molecular flexibility index (Phi) is 10.7. The van der Waals surface area contributed by atoms with E-state index in [-0.39, 0.29) is 38.0 Å². The van der Waals surface area contributed by atoms with Gasteiger partial charge in [0.05, 0.1) is 31.9 Å². The summed E-state index contributed by atoms with van der Waals surface area (Å²) in [5, 5.41) is 2.54. The van der Waals surface area contributed by atoms with Crippen LogP contribution in [-0.2, 0) is 34.1 Å². The molecule has 1 aromatic carbocycles. The predicted molar refractivity (Wildman–Crippen MR) is 112 cm³/mol. The maximum absolute atomic E-state index is 12.6. The first kappa shape index (κ1) is 25.8. The molecule has 0 radical (unpaired) electrons. The molecule has 168 valence electrons. The van der Waals surface area contributed by atoms with Crippen molar-refractivity contribution in [2.75, 3.05) is 19.8 Å². The standard InChI is InChI=1S/C20H31N2O7P/c1-5-27-20(25)14(4)12-17(18(21)23)22-19(24)16-10-8-15(9-11-16)13-30(26,28-6-2)29-7-3/h8-11,14,17H,5-7,12-13H2,1-4H3,(H2,21,23)(H,22,24)/t14-,17-/m0/s1. The number of carbonyl (C=O) groups is 3. The van der Waals surface area contributed by atoms with Crippen molar-refractivity contribution in [2.45, 2.75) is 46.3 Å². The van der Waals surface area contributed by atoms with Gasteiger partial charge < -0.3 is 24.8 Å². The number of ether oxygens (including phenoxy) is 1. The van der Waals surface area contributed by atoms with Gasteiger partial charge >= 0.3 is 13.6 Å². The fourth-order valence-corrected chi connectivity index (χ4v) is 4.43. The number of primary amides is 1. The van der Waals surface area contributed by atoms with E-state index in [0.29, 0.717) is 5.56 Å². The van der Waals surface area contributed by atoms with E-state index in [9.17, 15) is 18.9 Å². The van der Waals surface area contributed by atoms with Gasteiger partial charge in [-0.3, -0.25) is 18.9 Å². The molecule has 0 fully saturated rings. The molecule has 0 aliphatic rings. The van der Waals surface area contributed by atoms with Crippen LogP contribution in [0.5, 0.6) is 0 Å². The van der Waals surface area contributed by atoms with Crippen molar-refractivity contribution < 1.29 is 32.7 Å². The molecule has 0 saturated carbocycles. The topological polar surface area (TPSA) is 134 Å². The molecular weight excluding hydrogens is 411 g/mol. The number of nitrogens with two attached hydrogens (primary N) is 1. The molecule has 9 nitrogen and oxygen atoms in total. The number of amides is 2. The van der Waals surface area contributed by atoms with Gasteiger partial charge in [-0.25, -0.2) is 0 Å². The van der Waals surface area contributed by atoms with Crippen molar-refractivity contribution >= 4 is 25.4 Å². The van der Waals surface area contributed by atoms with Crippen molar-refractivity contribution in [2.24, 2.45) is 11.7 Å². The first-order chi connectivity index (χ1) is 14.2. The highest BCUT2D eigenvalue weighted by Gasteiger charge is 2.26. The number of carbonyl (C=O) groups excluding carboxylic acids is 3. The molecule has 0 unspecified atom stereocenters. The summed E-state index contributed by atoms with van der Waals surface area (Å²) < 4.78 is 28.1. The van der Waals surface area contributed by atoms with Gasteiger partial charge in [0, 0.05) is 5.56 Å². The minimum absolute atomic E-state index is 0.0316. The Morgan fingerprint density at radius 1 is 1.03 bits per heavy atom. The molecule has 0 aliphatic carbocycles. The monoisotopic (exact) mass is 442 g/mol. The quantitative estimate of drug-likeness (QED) is 0.354. The molecule has 0 heterocycles. The molecule has 0 saturated heterocycles. The van der Waals surface area contributed by atoms with E-state index in [4.69, 9.17) is 19.5 Å². The Morgan fingerprint density at radius 3 is 2.07 bits per heavy atom. The summed E-state index contributed by atoms with van der Waals surface area (Å²) in [6.07, 6.45) is 0.113. The van der Waals surface area contributed by atoms with Gasteiger partial charge in [-0.05, 0) is 44.9 Å². The Labute approximate surface area is 177 Å². The lowest BCUT2D eigenvalue weighted by Gasteiger charge is -2.19. The first-order valence-electron chi connectivity index (χ1n) is 9.89. The summed E-state index contributed by atoms with van der Waals surface area (Å²) in [4.78, 5) is 36.0. The fraction of sp³-hybridized carbons (Fsp3) is 0.550. The summed E-state index contributed by atoms with van der Waals surface area (Å²) in [5.74, 6) is -2.32. The molecule has 1 aromatic rings. The number of rotatable bonds is 13. The van der Waals surface area contributed by atoms with Crippen LogP contribution < -0.4 is 11.1 Å². The molecule has 3 N–H and O–H groups in total. The van der Waals surface area contributed by atoms with Crippen molar-refractivity contribution in [1.82, 2.24) is 5.32 Å². The van der Waals surface area contributed by atoms with Gasteiger partial charge in [-0.1, -0.05) is 19.1 Å². The van der Waals surface area contributed by atoms with E-state index >= 15 is 0 Å². The highest BCUT2D eigenvalue weighted by molar-refractivity contribution is 7.53. The van der Waals surface area contributed by atoms with Crippen LogP contribution in [0.3, 0.4) is 0 Å². The number of hydrogen-bond donors (Lipinski definition) is 2. The van der Waals surface area contributed by atoms with Crippen molar-refractivity contribution in [3.63, 3.8) is 0 Å². The van der Waals surface area contributed by atoms with E-state index < -0.39 is 37.3 Å². The molecular formula is C20H31N2O7P. The van der Waals surface area contributed by atoms with Gasteiger partial charge in [0.25, 0.3) is 5.91 Å². The Hall–Kier alpha value is -2.22. The summed E-state index contributed by atoms with van der Waals surface area (Å²) >= 11 is 0. The number of hydrogen-bond acceptors (Lipinski definition) is 7. The van der Waals surface area contributed by atoms with E-state index in [1.165, 1.54) is 0 Å². The molecule has 10 heteroatoms. The lowest BCUT2D eigenvalue weighted by Crippen LogP contribution is -2.46. The Bertz CT molecular complexity index is 757. The second-order valence-electron chi connectivity index (χ2n) is 6.62. The molecule has 0 aliphatic heterocycles.